The number of anilines is 2. The molecule has 150 valence electrons. The van der Waals surface area contributed by atoms with E-state index in [0.717, 1.165) is 11.3 Å². The molecule has 3 N–H and O–H groups in total. The molecule has 0 spiro atoms. The number of aromatic amines is 1. The van der Waals surface area contributed by atoms with Gasteiger partial charge in [0.15, 0.2) is 5.13 Å². The summed E-state index contributed by atoms with van der Waals surface area (Å²) >= 11 is 7.20. The van der Waals surface area contributed by atoms with Crippen LogP contribution < -0.4 is 9.44 Å². The largest absolute Gasteiger partial charge is 0.358 e. The molecular formula is C17H13ClN4O4S3. The number of nitrogens with one attached hydrogen (secondary N) is 3. The molecule has 0 aliphatic rings. The third-order valence-electron chi connectivity index (χ3n) is 4.01. The van der Waals surface area contributed by atoms with Crippen molar-refractivity contribution in [3.8, 4) is 0 Å². The van der Waals surface area contributed by atoms with Crippen LogP contribution in [0.15, 0.2) is 70.0 Å². The van der Waals surface area contributed by atoms with E-state index in [1.807, 2.05) is 0 Å². The molecule has 0 amide bonds. The van der Waals surface area contributed by atoms with Crippen LogP contribution in [0.4, 0.5) is 10.8 Å². The van der Waals surface area contributed by atoms with E-state index in [1.54, 1.807) is 29.8 Å². The van der Waals surface area contributed by atoms with Crippen LogP contribution >= 0.6 is 22.9 Å². The first-order valence-electron chi connectivity index (χ1n) is 8.07. The summed E-state index contributed by atoms with van der Waals surface area (Å²) in [5.41, 5.74) is 0.879. The van der Waals surface area contributed by atoms with Crippen molar-refractivity contribution in [2.45, 2.75) is 9.79 Å². The minimum atomic E-state index is -3.95. The molecule has 8 nitrogen and oxygen atoms in total. The van der Waals surface area contributed by atoms with Gasteiger partial charge in [-0.3, -0.25) is 9.44 Å². The lowest BCUT2D eigenvalue weighted by Crippen LogP contribution is -2.15. The number of hydrogen-bond acceptors (Lipinski definition) is 6. The number of hydrogen-bond donors (Lipinski definition) is 3. The highest BCUT2D eigenvalue weighted by molar-refractivity contribution is 7.93. The van der Waals surface area contributed by atoms with Crippen LogP contribution in [0.1, 0.15) is 0 Å². The van der Waals surface area contributed by atoms with Crippen molar-refractivity contribution < 1.29 is 16.8 Å². The monoisotopic (exact) mass is 468 g/mol. The van der Waals surface area contributed by atoms with E-state index in [9.17, 15) is 16.8 Å². The van der Waals surface area contributed by atoms with Crippen LogP contribution in [-0.2, 0) is 20.0 Å². The van der Waals surface area contributed by atoms with E-state index < -0.39 is 20.0 Å². The number of halogens is 1. The van der Waals surface area contributed by atoms with Crippen LogP contribution in [0.25, 0.3) is 10.9 Å². The summed E-state index contributed by atoms with van der Waals surface area (Å²) in [6, 6.07) is 9.93. The highest BCUT2D eigenvalue weighted by atomic mass is 35.5. The van der Waals surface area contributed by atoms with Gasteiger partial charge in [-0.15, -0.1) is 11.3 Å². The van der Waals surface area contributed by atoms with E-state index in [2.05, 4.69) is 19.4 Å². The molecule has 0 aliphatic heterocycles. The van der Waals surface area contributed by atoms with Gasteiger partial charge in [-0.05, 0) is 30.3 Å². The van der Waals surface area contributed by atoms with E-state index in [0.29, 0.717) is 21.6 Å². The first kappa shape index (κ1) is 19.7. The second-order valence-corrected chi connectivity index (χ2v) is 10.6. The standard InChI is InChI=1S/C17H13ClN4O4S3/c18-14-10-20-16-13(14)2-1-3-15(16)21-28(23,24)11-4-6-12(7-5-11)29(25,26)22-17-19-8-9-27-17/h1-10,20-21H,(H,19,22). The number of fused-ring (bicyclic) bond motifs is 1. The number of sulfonamides is 2. The predicted octanol–water partition coefficient (Wildman–Crippen LogP) is 3.88. The quantitative estimate of drug-likeness (QED) is 0.396. The van der Waals surface area contributed by atoms with E-state index in [1.165, 1.54) is 30.5 Å². The molecule has 0 aliphatic carbocycles. The fourth-order valence-electron chi connectivity index (χ4n) is 2.65. The Labute approximate surface area is 175 Å². The van der Waals surface area contributed by atoms with Crippen molar-refractivity contribution >= 4 is 64.7 Å². The summed E-state index contributed by atoms with van der Waals surface area (Å²) in [5, 5.41) is 3.02. The van der Waals surface area contributed by atoms with Gasteiger partial charge in [-0.25, -0.2) is 21.8 Å². The molecule has 0 fully saturated rings. The Bertz CT molecular complexity index is 1380. The Morgan fingerprint density at radius 2 is 1.59 bits per heavy atom. The maximum atomic E-state index is 12.7. The van der Waals surface area contributed by atoms with Gasteiger partial charge in [0.1, 0.15) is 0 Å². The molecule has 29 heavy (non-hydrogen) atoms. The minimum Gasteiger partial charge on any atom is -0.358 e. The molecule has 12 heteroatoms. The zero-order valence-corrected chi connectivity index (χ0v) is 17.7. The minimum absolute atomic E-state index is 0.0788. The Morgan fingerprint density at radius 1 is 0.931 bits per heavy atom. The summed E-state index contributed by atoms with van der Waals surface area (Å²) < 4.78 is 55.1. The van der Waals surface area contributed by atoms with Crippen LogP contribution in [0.5, 0.6) is 0 Å². The molecule has 0 atom stereocenters. The van der Waals surface area contributed by atoms with Gasteiger partial charge in [0.2, 0.25) is 0 Å². The fourth-order valence-corrected chi connectivity index (χ4v) is 5.73. The maximum absolute atomic E-state index is 12.7. The van der Waals surface area contributed by atoms with Crippen LogP contribution in [-0.4, -0.2) is 26.8 Å². The molecular weight excluding hydrogens is 456 g/mol. The molecule has 0 saturated heterocycles. The number of para-hydroxylation sites is 1. The van der Waals surface area contributed by atoms with Crippen molar-refractivity contribution in [3.05, 3.63) is 65.3 Å². The molecule has 4 rings (SSSR count). The predicted molar refractivity (Wildman–Crippen MR) is 113 cm³/mol. The third-order valence-corrected chi connectivity index (χ3v) is 7.87. The summed E-state index contributed by atoms with van der Waals surface area (Å²) in [7, 11) is -7.81. The molecule has 2 heterocycles. The van der Waals surface area contributed by atoms with Gasteiger partial charge in [-0.1, -0.05) is 23.7 Å². The van der Waals surface area contributed by atoms with Crippen molar-refractivity contribution in [1.82, 2.24) is 9.97 Å². The van der Waals surface area contributed by atoms with Gasteiger partial charge in [0.25, 0.3) is 20.0 Å². The highest BCUT2D eigenvalue weighted by Crippen LogP contribution is 2.30. The van der Waals surface area contributed by atoms with Gasteiger partial charge >= 0.3 is 0 Å². The van der Waals surface area contributed by atoms with Gasteiger partial charge in [-0.2, -0.15) is 0 Å². The third kappa shape index (κ3) is 3.94. The summed E-state index contributed by atoms with van der Waals surface area (Å²) in [6.45, 7) is 0. The van der Waals surface area contributed by atoms with Crippen molar-refractivity contribution in [3.63, 3.8) is 0 Å². The van der Waals surface area contributed by atoms with Gasteiger partial charge in [0, 0.05) is 23.2 Å². The maximum Gasteiger partial charge on any atom is 0.263 e. The number of H-pyrrole nitrogens is 1. The second kappa shape index (κ2) is 7.34. The van der Waals surface area contributed by atoms with E-state index in [-0.39, 0.29) is 14.9 Å². The summed E-state index contributed by atoms with van der Waals surface area (Å²) in [4.78, 5) is 6.63. The molecule has 0 radical (unpaired) electrons. The smallest absolute Gasteiger partial charge is 0.263 e. The Kier molecular flexibility index (Phi) is 4.99. The molecule has 2 aromatic carbocycles. The Balaban J connectivity index is 1.61. The zero-order chi connectivity index (χ0) is 20.6. The van der Waals surface area contributed by atoms with Crippen LogP contribution in [0.3, 0.4) is 0 Å². The topological polar surface area (TPSA) is 121 Å². The first-order valence-corrected chi connectivity index (χ1v) is 12.3. The SMILES string of the molecule is O=S(=O)(Nc1nccs1)c1ccc(S(=O)(=O)Nc2cccc3c(Cl)c[nH]c23)cc1. The zero-order valence-electron chi connectivity index (χ0n) is 14.5. The van der Waals surface area contributed by atoms with E-state index >= 15 is 0 Å². The van der Waals surface area contributed by atoms with Crippen LogP contribution in [0, 0.1) is 0 Å². The number of thiazole rings is 1. The highest BCUT2D eigenvalue weighted by Gasteiger charge is 2.20. The number of nitrogens with zero attached hydrogens (tertiary/aromatic N) is 1. The van der Waals surface area contributed by atoms with Crippen molar-refractivity contribution in [2.75, 3.05) is 9.44 Å². The normalized spacial score (nSPS) is 12.2. The Morgan fingerprint density at radius 3 is 2.21 bits per heavy atom. The Hall–Kier alpha value is -2.60. The second-order valence-electron chi connectivity index (χ2n) is 5.88. The van der Waals surface area contributed by atoms with Crippen molar-refractivity contribution in [1.29, 1.82) is 0 Å². The molecule has 0 saturated carbocycles. The number of aromatic nitrogens is 2. The summed E-state index contributed by atoms with van der Waals surface area (Å²) in [5.74, 6) is 0. The molecule has 4 aromatic rings. The average Bonchev–Trinajstić information content (AvgIpc) is 3.32. The first-order chi connectivity index (χ1) is 13.8. The lowest BCUT2D eigenvalue weighted by Gasteiger charge is -2.10. The fraction of sp³-hybridized carbons (Fsp3) is 0. The summed E-state index contributed by atoms with van der Waals surface area (Å²) in [6.07, 6.45) is 3.04. The average molecular weight is 469 g/mol. The van der Waals surface area contributed by atoms with Gasteiger partial charge < -0.3 is 4.98 Å². The van der Waals surface area contributed by atoms with Crippen LogP contribution in [0.2, 0.25) is 5.02 Å². The molecule has 2 aromatic heterocycles. The molecule has 0 bridgehead atoms. The lowest BCUT2D eigenvalue weighted by atomic mass is 10.2. The van der Waals surface area contributed by atoms with Gasteiger partial charge in [0.05, 0.1) is 26.0 Å². The number of benzene rings is 2. The lowest BCUT2D eigenvalue weighted by molar-refractivity contribution is 0.597. The van der Waals surface area contributed by atoms with Crippen molar-refractivity contribution in [2.24, 2.45) is 0 Å². The molecule has 0 unspecified atom stereocenters. The van der Waals surface area contributed by atoms with E-state index in [4.69, 9.17) is 11.6 Å². The number of rotatable bonds is 6.